The standard InChI is InChI=1S/C10H9F3N2O4/c11-10(12,13)5-15-7(16)4-19-6-2-1-3-14-8(6)9(17)18/h1-3H,4-5H2,(H,15,16)(H,17,18). The van der Waals surface area contributed by atoms with Crippen LogP contribution in [0.1, 0.15) is 10.5 Å². The van der Waals surface area contributed by atoms with Crippen LogP contribution in [-0.2, 0) is 4.79 Å². The van der Waals surface area contributed by atoms with Crippen molar-refractivity contribution < 1.29 is 32.6 Å². The van der Waals surface area contributed by atoms with Gasteiger partial charge in [0, 0.05) is 6.20 Å². The molecule has 0 saturated heterocycles. The molecule has 19 heavy (non-hydrogen) atoms. The van der Waals surface area contributed by atoms with Gasteiger partial charge in [0.25, 0.3) is 5.91 Å². The highest BCUT2D eigenvalue weighted by molar-refractivity contribution is 5.88. The molecule has 0 bridgehead atoms. The van der Waals surface area contributed by atoms with Crippen LogP contribution in [0.15, 0.2) is 18.3 Å². The predicted octanol–water partition coefficient (Wildman–Crippen LogP) is 0.837. The lowest BCUT2D eigenvalue weighted by atomic mass is 10.3. The Bertz CT molecular complexity index is 476. The van der Waals surface area contributed by atoms with Crippen molar-refractivity contribution >= 4 is 11.9 Å². The average Bonchev–Trinajstić information content (AvgIpc) is 2.33. The molecule has 0 saturated carbocycles. The maximum Gasteiger partial charge on any atom is 0.405 e. The molecule has 1 heterocycles. The zero-order valence-corrected chi connectivity index (χ0v) is 9.40. The minimum Gasteiger partial charge on any atom is -0.481 e. The minimum atomic E-state index is -4.52. The smallest absolute Gasteiger partial charge is 0.405 e. The quantitative estimate of drug-likeness (QED) is 0.833. The summed E-state index contributed by atoms with van der Waals surface area (Å²) in [5.41, 5.74) is -0.425. The number of ether oxygens (including phenoxy) is 1. The lowest BCUT2D eigenvalue weighted by molar-refractivity contribution is -0.139. The Labute approximate surface area is 105 Å². The number of alkyl halides is 3. The summed E-state index contributed by atoms with van der Waals surface area (Å²) in [5.74, 6) is -2.58. The van der Waals surface area contributed by atoms with Crippen LogP contribution in [-0.4, -0.2) is 41.3 Å². The number of rotatable bonds is 5. The second-order valence-corrected chi connectivity index (χ2v) is 3.34. The Kier molecular flexibility index (Phi) is 4.67. The molecule has 104 valence electrons. The Hall–Kier alpha value is -2.32. The van der Waals surface area contributed by atoms with E-state index in [1.54, 1.807) is 5.32 Å². The number of amides is 1. The van der Waals surface area contributed by atoms with Crippen molar-refractivity contribution in [1.29, 1.82) is 0 Å². The Morgan fingerprint density at radius 3 is 2.68 bits per heavy atom. The molecule has 0 atom stereocenters. The van der Waals surface area contributed by atoms with Crippen LogP contribution in [0.25, 0.3) is 0 Å². The predicted molar refractivity (Wildman–Crippen MR) is 55.8 cm³/mol. The summed E-state index contributed by atoms with van der Waals surface area (Å²) in [4.78, 5) is 25.3. The molecule has 0 aromatic carbocycles. The van der Waals surface area contributed by atoms with E-state index in [1.165, 1.54) is 18.3 Å². The number of carbonyl (C=O) groups excluding carboxylic acids is 1. The van der Waals surface area contributed by atoms with Crippen LogP contribution in [0, 0.1) is 0 Å². The topological polar surface area (TPSA) is 88.5 Å². The summed E-state index contributed by atoms with van der Waals surface area (Å²) >= 11 is 0. The Morgan fingerprint density at radius 1 is 1.42 bits per heavy atom. The Morgan fingerprint density at radius 2 is 2.11 bits per heavy atom. The number of pyridine rings is 1. The normalized spacial score (nSPS) is 10.9. The number of halogens is 3. The van der Waals surface area contributed by atoms with Crippen molar-refractivity contribution in [2.24, 2.45) is 0 Å². The monoisotopic (exact) mass is 278 g/mol. The maximum absolute atomic E-state index is 11.8. The van der Waals surface area contributed by atoms with Crippen LogP contribution in [0.4, 0.5) is 13.2 Å². The molecule has 2 N–H and O–H groups in total. The van der Waals surface area contributed by atoms with E-state index in [0.717, 1.165) is 0 Å². The summed E-state index contributed by atoms with van der Waals surface area (Å²) in [7, 11) is 0. The molecular formula is C10H9F3N2O4. The van der Waals surface area contributed by atoms with Gasteiger partial charge in [0.05, 0.1) is 0 Å². The van der Waals surface area contributed by atoms with Gasteiger partial charge in [-0.2, -0.15) is 13.2 Å². The first-order chi connectivity index (χ1) is 8.79. The van der Waals surface area contributed by atoms with Crippen molar-refractivity contribution in [3.8, 4) is 5.75 Å². The number of nitrogens with zero attached hydrogens (tertiary/aromatic N) is 1. The minimum absolute atomic E-state index is 0.197. The number of aromatic carboxylic acids is 1. The van der Waals surface area contributed by atoms with Crippen LogP contribution >= 0.6 is 0 Å². The highest BCUT2D eigenvalue weighted by Crippen LogP contribution is 2.15. The molecule has 0 fully saturated rings. The molecule has 9 heteroatoms. The van der Waals surface area contributed by atoms with Gasteiger partial charge in [-0.25, -0.2) is 9.78 Å². The van der Waals surface area contributed by atoms with Gasteiger partial charge in [-0.3, -0.25) is 4.79 Å². The molecule has 1 rings (SSSR count). The highest BCUT2D eigenvalue weighted by Gasteiger charge is 2.27. The van der Waals surface area contributed by atoms with E-state index in [9.17, 15) is 22.8 Å². The van der Waals surface area contributed by atoms with Gasteiger partial charge in [0.1, 0.15) is 6.54 Å². The molecule has 0 unspecified atom stereocenters. The van der Waals surface area contributed by atoms with E-state index in [0.29, 0.717) is 0 Å². The van der Waals surface area contributed by atoms with Gasteiger partial charge in [-0.1, -0.05) is 0 Å². The SMILES string of the molecule is O=C(COc1cccnc1C(=O)O)NCC(F)(F)F. The molecule has 1 aromatic heterocycles. The lowest BCUT2D eigenvalue weighted by Crippen LogP contribution is -2.36. The summed E-state index contributed by atoms with van der Waals surface area (Å²) in [5, 5.41) is 10.3. The molecule has 0 aliphatic carbocycles. The molecule has 0 aliphatic rings. The van der Waals surface area contributed by atoms with Crippen molar-refractivity contribution in [2.45, 2.75) is 6.18 Å². The first-order valence-corrected chi connectivity index (χ1v) is 4.94. The number of hydrogen-bond acceptors (Lipinski definition) is 4. The fourth-order valence-electron chi connectivity index (χ4n) is 1.06. The van der Waals surface area contributed by atoms with E-state index in [-0.39, 0.29) is 5.75 Å². The fourth-order valence-corrected chi connectivity index (χ4v) is 1.06. The van der Waals surface area contributed by atoms with E-state index in [4.69, 9.17) is 9.84 Å². The summed E-state index contributed by atoms with van der Waals surface area (Å²) in [6.07, 6.45) is -3.31. The van der Waals surface area contributed by atoms with Crippen molar-refractivity contribution in [3.05, 3.63) is 24.0 Å². The second-order valence-electron chi connectivity index (χ2n) is 3.34. The van der Waals surface area contributed by atoms with Crippen LogP contribution in [0.3, 0.4) is 0 Å². The third-order valence-corrected chi connectivity index (χ3v) is 1.82. The van der Waals surface area contributed by atoms with E-state index in [1.807, 2.05) is 0 Å². The van der Waals surface area contributed by atoms with Crippen molar-refractivity contribution in [2.75, 3.05) is 13.2 Å². The summed E-state index contributed by atoms with van der Waals surface area (Å²) in [6, 6.07) is 2.61. The number of carboxylic acid groups (broad SMARTS) is 1. The lowest BCUT2D eigenvalue weighted by Gasteiger charge is -2.10. The van der Waals surface area contributed by atoms with Gasteiger partial charge >= 0.3 is 12.1 Å². The highest BCUT2D eigenvalue weighted by atomic mass is 19.4. The van der Waals surface area contributed by atoms with E-state index < -0.39 is 36.9 Å². The first-order valence-electron chi connectivity index (χ1n) is 4.94. The van der Waals surface area contributed by atoms with Crippen LogP contribution in [0.2, 0.25) is 0 Å². The second kappa shape index (κ2) is 6.03. The molecule has 0 radical (unpaired) electrons. The van der Waals surface area contributed by atoms with Gasteiger partial charge < -0.3 is 15.2 Å². The molecule has 1 amide bonds. The van der Waals surface area contributed by atoms with Crippen LogP contribution in [0.5, 0.6) is 5.75 Å². The molecule has 6 nitrogen and oxygen atoms in total. The molecule has 0 spiro atoms. The molecule has 0 aliphatic heterocycles. The number of hydrogen-bond donors (Lipinski definition) is 2. The summed E-state index contributed by atoms with van der Waals surface area (Å²) < 4.78 is 40.2. The third kappa shape index (κ3) is 5.23. The maximum atomic E-state index is 11.8. The van der Waals surface area contributed by atoms with Gasteiger partial charge in [-0.15, -0.1) is 0 Å². The largest absolute Gasteiger partial charge is 0.481 e. The van der Waals surface area contributed by atoms with Gasteiger partial charge in [0.15, 0.2) is 18.1 Å². The third-order valence-electron chi connectivity index (χ3n) is 1.82. The van der Waals surface area contributed by atoms with E-state index in [2.05, 4.69) is 4.98 Å². The van der Waals surface area contributed by atoms with Crippen molar-refractivity contribution in [3.63, 3.8) is 0 Å². The molecular weight excluding hydrogens is 269 g/mol. The van der Waals surface area contributed by atoms with Crippen LogP contribution < -0.4 is 10.1 Å². The average molecular weight is 278 g/mol. The summed E-state index contributed by atoms with van der Waals surface area (Å²) in [6.45, 7) is -2.21. The van der Waals surface area contributed by atoms with Gasteiger partial charge in [-0.05, 0) is 12.1 Å². The van der Waals surface area contributed by atoms with Crippen molar-refractivity contribution in [1.82, 2.24) is 10.3 Å². The fraction of sp³-hybridized carbons (Fsp3) is 0.300. The number of carbonyl (C=O) groups is 2. The Balaban J connectivity index is 2.53. The number of aromatic nitrogens is 1. The van der Waals surface area contributed by atoms with E-state index >= 15 is 0 Å². The van der Waals surface area contributed by atoms with Gasteiger partial charge in [0.2, 0.25) is 0 Å². The number of carboxylic acids is 1. The zero-order valence-electron chi connectivity index (χ0n) is 9.40. The molecule has 1 aromatic rings. The number of nitrogens with one attached hydrogen (secondary N) is 1. The zero-order chi connectivity index (χ0) is 14.5. The first kappa shape index (κ1) is 14.7.